The van der Waals surface area contributed by atoms with E-state index in [1.165, 1.54) is 0 Å². The molecule has 0 radical (unpaired) electrons. The van der Waals surface area contributed by atoms with Crippen LogP contribution in [0.25, 0.3) is 0 Å². The fourth-order valence-corrected chi connectivity index (χ4v) is 1.93. The number of hydrogen-bond acceptors (Lipinski definition) is 3. The van der Waals surface area contributed by atoms with Gasteiger partial charge >= 0.3 is 0 Å². The molecule has 0 aliphatic heterocycles. The van der Waals surface area contributed by atoms with Crippen molar-refractivity contribution in [2.45, 2.75) is 27.4 Å². The fourth-order valence-electron chi connectivity index (χ4n) is 1.93. The predicted octanol–water partition coefficient (Wildman–Crippen LogP) is 2.12. The zero-order chi connectivity index (χ0) is 11.6. The van der Waals surface area contributed by atoms with Gasteiger partial charge in [-0.05, 0) is 31.9 Å². The highest BCUT2D eigenvalue weighted by atomic mass is 16.5. The monoisotopic (exact) mass is 210 g/mol. The third kappa shape index (κ3) is 1.79. The van der Waals surface area contributed by atoms with Gasteiger partial charge in [0.25, 0.3) is 0 Å². The van der Waals surface area contributed by atoms with Gasteiger partial charge in [-0.3, -0.25) is 0 Å². The van der Waals surface area contributed by atoms with Crippen LogP contribution in [0.1, 0.15) is 22.3 Å². The van der Waals surface area contributed by atoms with Crippen molar-refractivity contribution in [3.63, 3.8) is 0 Å². The van der Waals surface area contributed by atoms with Gasteiger partial charge in [0.1, 0.15) is 11.5 Å². The van der Waals surface area contributed by atoms with Crippen LogP contribution in [0.5, 0.6) is 11.5 Å². The lowest BCUT2D eigenvalue weighted by molar-refractivity contribution is 0.271. The molecule has 0 saturated heterocycles. The van der Waals surface area contributed by atoms with Gasteiger partial charge in [-0.2, -0.15) is 0 Å². The van der Waals surface area contributed by atoms with Crippen molar-refractivity contribution in [1.82, 2.24) is 0 Å². The van der Waals surface area contributed by atoms with Crippen LogP contribution >= 0.6 is 0 Å². The summed E-state index contributed by atoms with van der Waals surface area (Å²) in [6.45, 7) is 5.85. The van der Waals surface area contributed by atoms with Crippen molar-refractivity contribution in [2.75, 3.05) is 14.2 Å². The molecule has 3 nitrogen and oxygen atoms in total. The SMILES string of the molecule is COc1c(C)c(C)c(OC)c(CO)c1C. The van der Waals surface area contributed by atoms with Crippen LogP contribution in [0, 0.1) is 20.8 Å². The zero-order valence-electron chi connectivity index (χ0n) is 9.97. The molecule has 1 aromatic carbocycles. The number of benzene rings is 1. The summed E-state index contributed by atoms with van der Waals surface area (Å²) in [5.41, 5.74) is 3.82. The quantitative estimate of drug-likeness (QED) is 0.830. The summed E-state index contributed by atoms with van der Waals surface area (Å²) < 4.78 is 10.6. The van der Waals surface area contributed by atoms with Gasteiger partial charge in [0.15, 0.2) is 0 Å². The Kier molecular flexibility index (Phi) is 3.58. The average molecular weight is 210 g/mol. The molecule has 1 aromatic rings. The van der Waals surface area contributed by atoms with Gasteiger partial charge in [-0.1, -0.05) is 0 Å². The van der Waals surface area contributed by atoms with Crippen LogP contribution in [0.2, 0.25) is 0 Å². The van der Waals surface area contributed by atoms with Crippen molar-refractivity contribution in [1.29, 1.82) is 0 Å². The van der Waals surface area contributed by atoms with Gasteiger partial charge in [0.05, 0.1) is 20.8 Å². The standard InChI is InChI=1S/C12H18O3/c1-7-8(2)12(15-5)10(6-13)9(3)11(7)14-4/h13H,6H2,1-5H3. The summed E-state index contributed by atoms with van der Waals surface area (Å²) >= 11 is 0. The number of hydrogen-bond donors (Lipinski definition) is 1. The predicted molar refractivity (Wildman–Crippen MR) is 59.7 cm³/mol. The normalized spacial score (nSPS) is 10.3. The Labute approximate surface area is 90.6 Å². The highest BCUT2D eigenvalue weighted by Gasteiger charge is 2.17. The van der Waals surface area contributed by atoms with E-state index in [0.29, 0.717) is 0 Å². The molecule has 1 N–H and O–H groups in total. The van der Waals surface area contributed by atoms with Crippen LogP contribution in [0.3, 0.4) is 0 Å². The van der Waals surface area contributed by atoms with Gasteiger partial charge < -0.3 is 14.6 Å². The number of methoxy groups -OCH3 is 2. The topological polar surface area (TPSA) is 38.7 Å². The van der Waals surface area contributed by atoms with Gasteiger partial charge in [0, 0.05) is 11.1 Å². The summed E-state index contributed by atoms with van der Waals surface area (Å²) in [4.78, 5) is 0. The maximum atomic E-state index is 9.33. The Morgan fingerprint density at radius 1 is 0.867 bits per heavy atom. The zero-order valence-corrected chi connectivity index (χ0v) is 9.97. The van der Waals surface area contributed by atoms with Crippen LogP contribution in [0.15, 0.2) is 0 Å². The first kappa shape index (κ1) is 11.9. The number of aliphatic hydroxyl groups excluding tert-OH is 1. The van der Waals surface area contributed by atoms with E-state index in [2.05, 4.69) is 0 Å². The van der Waals surface area contributed by atoms with E-state index in [1.54, 1.807) is 14.2 Å². The fraction of sp³-hybridized carbons (Fsp3) is 0.500. The van der Waals surface area contributed by atoms with E-state index in [1.807, 2.05) is 20.8 Å². The van der Waals surface area contributed by atoms with E-state index >= 15 is 0 Å². The third-order valence-electron chi connectivity index (χ3n) is 2.88. The summed E-state index contributed by atoms with van der Waals surface area (Å²) in [6.07, 6.45) is 0. The number of aliphatic hydroxyl groups is 1. The van der Waals surface area contributed by atoms with E-state index < -0.39 is 0 Å². The molecule has 0 aliphatic rings. The average Bonchev–Trinajstić information content (AvgIpc) is 2.23. The molecule has 0 bridgehead atoms. The van der Waals surface area contributed by atoms with Crippen molar-refractivity contribution in [2.24, 2.45) is 0 Å². The van der Waals surface area contributed by atoms with Crippen LogP contribution in [0.4, 0.5) is 0 Å². The van der Waals surface area contributed by atoms with E-state index in [-0.39, 0.29) is 6.61 Å². The Morgan fingerprint density at radius 2 is 1.33 bits per heavy atom. The third-order valence-corrected chi connectivity index (χ3v) is 2.88. The Balaban J connectivity index is 3.57. The molecule has 0 spiro atoms. The highest BCUT2D eigenvalue weighted by Crippen LogP contribution is 2.37. The molecule has 3 heteroatoms. The first-order valence-corrected chi connectivity index (χ1v) is 4.89. The molecule has 0 saturated carbocycles. The Bertz CT molecular complexity index is 370. The molecule has 15 heavy (non-hydrogen) atoms. The molecular weight excluding hydrogens is 192 g/mol. The van der Waals surface area contributed by atoms with Crippen LogP contribution in [-0.4, -0.2) is 19.3 Å². The van der Waals surface area contributed by atoms with Crippen LogP contribution < -0.4 is 9.47 Å². The first-order chi connectivity index (χ1) is 7.08. The molecule has 0 fully saturated rings. The lowest BCUT2D eigenvalue weighted by Crippen LogP contribution is -2.03. The largest absolute Gasteiger partial charge is 0.496 e. The van der Waals surface area contributed by atoms with E-state index in [0.717, 1.165) is 33.8 Å². The molecule has 0 aromatic heterocycles. The molecule has 0 aliphatic carbocycles. The maximum Gasteiger partial charge on any atom is 0.128 e. The summed E-state index contributed by atoms with van der Waals surface area (Å²) in [7, 11) is 3.26. The molecule has 1 rings (SSSR count). The molecule has 0 heterocycles. The first-order valence-electron chi connectivity index (χ1n) is 4.89. The maximum absolute atomic E-state index is 9.33. The molecular formula is C12H18O3. The smallest absolute Gasteiger partial charge is 0.128 e. The Hall–Kier alpha value is -1.22. The minimum absolute atomic E-state index is 0.0352. The van der Waals surface area contributed by atoms with Gasteiger partial charge in [0.2, 0.25) is 0 Å². The Morgan fingerprint density at radius 3 is 1.73 bits per heavy atom. The van der Waals surface area contributed by atoms with E-state index in [4.69, 9.17) is 9.47 Å². The molecule has 0 unspecified atom stereocenters. The molecule has 0 amide bonds. The van der Waals surface area contributed by atoms with Crippen LogP contribution in [-0.2, 0) is 6.61 Å². The van der Waals surface area contributed by atoms with Crippen molar-refractivity contribution < 1.29 is 14.6 Å². The number of rotatable bonds is 3. The lowest BCUT2D eigenvalue weighted by atomic mass is 9.98. The molecule has 0 atom stereocenters. The van der Waals surface area contributed by atoms with Crippen molar-refractivity contribution in [3.05, 3.63) is 22.3 Å². The molecule has 84 valence electrons. The van der Waals surface area contributed by atoms with Gasteiger partial charge in [-0.15, -0.1) is 0 Å². The summed E-state index contributed by atoms with van der Waals surface area (Å²) in [6, 6.07) is 0. The van der Waals surface area contributed by atoms with E-state index in [9.17, 15) is 5.11 Å². The summed E-state index contributed by atoms with van der Waals surface area (Å²) in [5.74, 6) is 1.59. The van der Waals surface area contributed by atoms with Gasteiger partial charge in [-0.25, -0.2) is 0 Å². The van der Waals surface area contributed by atoms with Crippen molar-refractivity contribution in [3.8, 4) is 11.5 Å². The second-order valence-corrected chi connectivity index (χ2v) is 3.58. The second-order valence-electron chi connectivity index (χ2n) is 3.58. The lowest BCUT2D eigenvalue weighted by Gasteiger charge is -2.19. The van der Waals surface area contributed by atoms with Crippen molar-refractivity contribution >= 4 is 0 Å². The summed E-state index contributed by atoms with van der Waals surface area (Å²) in [5, 5.41) is 9.33. The minimum atomic E-state index is -0.0352. The highest BCUT2D eigenvalue weighted by molar-refractivity contribution is 5.57. The second kappa shape index (κ2) is 4.53. The number of ether oxygens (including phenoxy) is 2. The minimum Gasteiger partial charge on any atom is -0.496 e.